The summed E-state index contributed by atoms with van der Waals surface area (Å²) >= 11 is 0. The maximum atomic E-state index is 12.2. The highest BCUT2D eigenvalue weighted by atomic mass is 16.7. The van der Waals surface area contributed by atoms with Crippen LogP contribution >= 0.6 is 0 Å². The molecule has 0 unspecified atom stereocenters. The van der Waals surface area contributed by atoms with Crippen molar-refractivity contribution in [3.05, 3.63) is 53.1 Å². The van der Waals surface area contributed by atoms with Crippen LogP contribution in [0, 0.1) is 0 Å². The molecule has 124 valence electrons. The van der Waals surface area contributed by atoms with Crippen molar-refractivity contribution in [3.63, 3.8) is 0 Å². The highest BCUT2D eigenvalue weighted by molar-refractivity contribution is 5.94. The first-order chi connectivity index (χ1) is 11.8. The lowest BCUT2D eigenvalue weighted by Gasteiger charge is -2.18. The highest BCUT2D eigenvalue weighted by Crippen LogP contribution is 2.32. The quantitative estimate of drug-likeness (QED) is 0.939. The van der Waals surface area contributed by atoms with Crippen LogP contribution < -0.4 is 19.5 Å². The maximum absolute atomic E-state index is 12.2. The van der Waals surface area contributed by atoms with Crippen LogP contribution in [-0.4, -0.2) is 25.9 Å². The average Bonchev–Trinajstić information content (AvgIpc) is 3.09. The number of ether oxygens (including phenoxy) is 3. The zero-order chi connectivity index (χ0) is 16.4. The van der Waals surface area contributed by atoms with Crippen LogP contribution in [0.15, 0.2) is 36.4 Å². The van der Waals surface area contributed by atoms with E-state index < -0.39 is 0 Å². The molecule has 2 aromatic rings. The van der Waals surface area contributed by atoms with Crippen molar-refractivity contribution in [1.29, 1.82) is 0 Å². The molecular weight excluding hydrogens is 306 g/mol. The van der Waals surface area contributed by atoms with Gasteiger partial charge in [-0.2, -0.15) is 0 Å². The fraction of sp³-hybridized carbons (Fsp3) is 0.316. The van der Waals surface area contributed by atoms with Gasteiger partial charge in [-0.1, -0.05) is 12.1 Å². The van der Waals surface area contributed by atoms with E-state index in [0.29, 0.717) is 23.6 Å². The summed E-state index contributed by atoms with van der Waals surface area (Å²) in [6.45, 7) is 1.60. The number of carbonyl (C=O) groups excluding carboxylic acids is 1. The van der Waals surface area contributed by atoms with Gasteiger partial charge in [0.05, 0.1) is 6.61 Å². The van der Waals surface area contributed by atoms with Gasteiger partial charge in [0.2, 0.25) is 6.79 Å². The molecular formula is C19H19NO4. The zero-order valence-corrected chi connectivity index (χ0v) is 13.3. The first-order valence-electron chi connectivity index (χ1n) is 8.22. The lowest BCUT2D eigenvalue weighted by molar-refractivity contribution is 0.0953. The van der Waals surface area contributed by atoms with E-state index in [1.807, 2.05) is 6.07 Å². The van der Waals surface area contributed by atoms with Crippen LogP contribution in [0.4, 0.5) is 0 Å². The van der Waals surface area contributed by atoms with Crippen LogP contribution in [0.3, 0.4) is 0 Å². The molecule has 0 saturated carbocycles. The lowest BCUT2D eigenvalue weighted by Crippen LogP contribution is -2.25. The molecule has 2 heterocycles. The molecule has 0 saturated heterocycles. The Morgan fingerprint density at radius 2 is 1.88 bits per heavy atom. The third-order valence-corrected chi connectivity index (χ3v) is 4.31. The molecule has 0 radical (unpaired) electrons. The third kappa shape index (κ3) is 3.02. The van der Waals surface area contributed by atoms with Crippen LogP contribution in [0.2, 0.25) is 0 Å². The summed E-state index contributed by atoms with van der Waals surface area (Å²) in [5, 5.41) is 2.95. The summed E-state index contributed by atoms with van der Waals surface area (Å²) in [5.74, 6) is 2.20. The van der Waals surface area contributed by atoms with E-state index in [-0.39, 0.29) is 12.7 Å². The molecule has 0 bridgehead atoms. The van der Waals surface area contributed by atoms with Gasteiger partial charge in [0.1, 0.15) is 5.75 Å². The van der Waals surface area contributed by atoms with Gasteiger partial charge in [-0.25, -0.2) is 0 Å². The minimum atomic E-state index is -0.102. The van der Waals surface area contributed by atoms with Crippen LogP contribution in [0.5, 0.6) is 17.2 Å². The van der Waals surface area contributed by atoms with Gasteiger partial charge in [-0.05, 0) is 54.7 Å². The van der Waals surface area contributed by atoms with E-state index in [9.17, 15) is 4.79 Å². The molecule has 2 aliphatic heterocycles. The predicted octanol–water partition coefficient (Wildman–Crippen LogP) is 2.71. The van der Waals surface area contributed by atoms with Gasteiger partial charge in [0.15, 0.2) is 11.5 Å². The van der Waals surface area contributed by atoms with Crippen molar-refractivity contribution >= 4 is 5.91 Å². The van der Waals surface area contributed by atoms with Gasteiger partial charge < -0.3 is 19.5 Å². The number of hydrogen-bond acceptors (Lipinski definition) is 4. The molecule has 0 spiro atoms. The minimum Gasteiger partial charge on any atom is -0.493 e. The van der Waals surface area contributed by atoms with E-state index in [2.05, 4.69) is 17.4 Å². The standard InChI is InChI=1S/C19H19NO4/c21-19(15-4-6-17-18(11-15)24-12-23-17)20-8-7-13-3-5-16-14(10-13)2-1-9-22-16/h3-6,10-11H,1-2,7-9,12H2,(H,20,21). The van der Waals surface area contributed by atoms with Crippen molar-refractivity contribution in [2.24, 2.45) is 0 Å². The van der Waals surface area contributed by atoms with Crippen LogP contribution in [0.1, 0.15) is 27.9 Å². The number of aryl methyl sites for hydroxylation is 1. The molecule has 24 heavy (non-hydrogen) atoms. The number of nitrogens with one attached hydrogen (secondary N) is 1. The topological polar surface area (TPSA) is 56.8 Å². The summed E-state index contributed by atoms with van der Waals surface area (Å²) in [6, 6.07) is 11.5. The molecule has 0 aliphatic carbocycles. The largest absolute Gasteiger partial charge is 0.493 e. The zero-order valence-electron chi connectivity index (χ0n) is 13.3. The maximum Gasteiger partial charge on any atom is 0.251 e. The highest BCUT2D eigenvalue weighted by Gasteiger charge is 2.16. The molecule has 0 atom stereocenters. The predicted molar refractivity (Wildman–Crippen MR) is 88.9 cm³/mol. The second kappa shape index (κ2) is 6.43. The van der Waals surface area contributed by atoms with Crippen molar-refractivity contribution in [3.8, 4) is 17.2 Å². The molecule has 1 N–H and O–H groups in total. The summed E-state index contributed by atoms with van der Waals surface area (Å²) in [5.41, 5.74) is 3.06. The fourth-order valence-corrected chi connectivity index (χ4v) is 3.03. The Morgan fingerprint density at radius 1 is 1.00 bits per heavy atom. The third-order valence-electron chi connectivity index (χ3n) is 4.31. The normalized spacial score (nSPS) is 14.7. The Morgan fingerprint density at radius 3 is 2.83 bits per heavy atom. The van der Waals surface area contributed by atoms with Crippen molar-refractivity contribution in [1.82, 2.24) is 5.32 Å². The second-order valence-electron chi connectivity index (χ2n) is 5.97. The Hall–Kier alpha value is -2.69. The molecule has 0 fully saturated rings. The number of benzene rings is 2. The van der Waals surface area contributed by atoms with Crippen LogP contribution in [-0.2, 0) is 12.8 Å². The molecule has 4 rings (SSSR count). The molecule has 5 nitrogen and oxygen atoms in total. The average molecular weight is 325 g/mol. The molecule has 2 aliphatic rings. The SMILES string of the molecule is O=C(NCCc1ccc2c(c1)CCCO2)c1ccc2c(c1)OCO2. The first kappa shape index (κ1) is 14.9. The number of amides is 1. The van der Waals surface area contributed by atoms with E-state index in [0.717, 1.165) is 31.6 Å². The molecule has 5 heteroatoms. The van der Waals surface area contributed by atoms with Gasteiger partial charge in [-0.3, -0.25) is 4.79 Å². The van der Waals surface area contributed by atoms with Crippen molar-refractivity contribution < 1.29 is 19.0 Å². The summed E-state index contributed by atoms with van der Waals surface area (Å²) in [6.07, 6.45) is 2.92. The number of hydrogen-bond donors (Lipinski definition) is 1. The molecule has 1 amide bonds. The monoisotopic (exact) mass is 325 g/mol. The molecule has 0 aromatic heterocycles. The van der Waals surface area contributed by atoms with Gasteiger partial charge in [-0.15, -0.1) is 0 Å². The minimum absolute atomic E-state index is 0.102. The van der Waals surface area contributed by atoms with Crippen LogP contribution in [0.25, 0.3) is 0 Å². The fourth-order valence-electron chi connectivity index (χ4n) is 3.03. The summed E-state index contributed by atoms with van der Waals surface area (Å²) < 4.78 is 16.2. The Kier molecular flexibility index (Phi) is 3.99. The Balaban J connectivity index is 1.34. The lowest BCUT2D eigenvalue weighted by atomic mass is 10.0. The first-order valence-corrected chi connectivity index (χ1v) is 8.22. The van der Waals surface area contributed by atoms with Gasteiger partial charge in [0.25, 0.3) is 5.91 Å². The van der Waals surface area contributed by atoms with E-state index in [4.69, 9.17) is 14.2 Å². The second-order valence-corrected chi connectivity index (χ2v) is 5.97. The number of rotatable bonds is 4. The van der Waals surface area contributed by atoms with E-state index in [1.54, 1.807) is 18.2 Å². The Labute approximate surface area is 140 Å². The summed E-state index contributed by atoms with van der Waals surface area (Å²) in [4.78, 5) is 12.2. The van der Waals surface area contributed by atoms with Gasteiger partial charge in [0, 0.05) is 12.1 Å². The Bertz CT molecular complexity index is 772. The van der Waals surface area contributed by atoms with Gasteiger partial charge >= 0.3 is 0 Å². The van der Waals surface area contributed by atoms with E-state index >= 15 is 0 Å². The van der Waals surface area contributed by atoms with Crippen molar-refractivity contribution in [2.75, 3.05) is 19.9 Å². The smallest absolute Gasteiger partial charge is 0.251 e. The number of carbonyl (C=O) groups is 1. The molecule has 2 aromatic carbocycles. The van der Waals surface area contributed by atoms with Crippen molar-refractivity contribution in [2.45, 2.75) is 19.3 Å². The summed E-state index contributed by atoms with van der Waals surface area (Å²) in [7, 11) is 0. The van der Waals surface area contributed by atoms with E-state index in [1.165, 1.54) is 11.1 Å². The number of fused-ring (bicyclic) bond motifs is 2.